The van der Waals surface area contributed by atoms with Crippen molar-refractivity contribution in [1.29, 1.82) is 0 Å². The molecule has 0 saturated heterocycles. The van der Waals surface area contributed by atoms with E-state index >= 15 is 0 Å². The zero-order valence-corrected chi connectivity index (χ0v) is 10.6. The zero-order valence-electron chi connectivity index (χ0n) is 10.6. The molecule has 90 valence electrons. The van der Waals surface area contributed by atoms with E-state index in [0.717, 1.165) is 17.7 Å². The minimum Gasteiger partial charge on any atom is -0.491 e. The second-order valence-electron chi connectivity index (χ2n) is 4.57. The number of aliphatic hydroxyl groups excluding tert-OH is 1. The zero-order chi connectivity index (χ0) is 12.1. The Morgan fingerprint density at radius 2 is 1.69 bits per heavy atom. The molecule has 0 spiro atoms. The van der Waals surface area contributed by atoms with Crippen LogP contribution in [-0.4, -0.2) is 11.2 Å². The van der Waals surface area contributed by atoms with Gasteiger partial charge in [0.25, 0.3) is 0 Å². The monoisotopic (exact) mass is 222 g/mol. The Morgan fingerprint density at radius 3 is 2.12 bits per heavy atom. The van der Waals surface area contributed by atoms with Gasteiger partial charge in [0.05, 0.1) is 12.2 Å². The van der Waals surface area contributed by atoms with Crippen molar-refractivity contribution in [3.8, 4) is 5.75 Å². The highest BCUT2D eigenvalue weighted by molar-refractivity contribution is 5.28. The summed E-state index contributed by atoms with van der Waals surface area (Å²) in [5, 5.41) is 10.0. The summed E-state index contributed by atoms with van der Waals surface area (Å²) in [5.74, 6) is 1.15. The van der Waals surface area contributed by atoms with Gasteiger partial charge in [-0.05, 0) is 37.5 Å². The van der Waals surface area contributed by atoms with E-state index in [2.05, 4.69) is 13.8 Å². The predicted molar refractivity (Wildman–Crippen MR) is 66.6 cm³/mol. The van der Waals surface area contributed by atoms with Crippen molar-refractivity contribution in [2.24, 2.45) is 5.92 Å². The van der Waals surface area contributed by atoms with Crippen molar-refractivity contribution in [3.05, 3.63) is 29.8 Å². The van der Waals surface area contributed by atoms with E-state index in [9.17, 15) is 5.11 Å². The van der Waals surface area contributed by atoms with Gasteiger partial charge in [0, 0.05) is 0 Å². The maximum atomic E-state index is 10.0. The van der Waals surface area contributed by atoms with Crippen LogP contribution in [0.4, 0.5) is 0 Å². The first-order valence-electron chi connectivity index (χ1n) is 5.99. The first-order chi connectivity index (χ1) is 7.54. The highest BCUT2D eigenvalue weighted by Crippen LogP contribution is 2.25. The number of rotatable bonds is 5. The lowest BCUT2D eigenvalue weighted by Gasteiger charge is -2.18. The topological polar surface area (TPSA) is 29.5 Å². The van der Waals surface area contributed by atoms with Crippen LogP contribution in [0.1, 0.15) is 45.8 Å². The van der Waals surface area contributed by atoms with Crippen LogP contribution in [0.5, 0.6) is 5.75 Å². The number of benzene rings is 1. The van der Waals surface area contributed by atoms with Crippen molar-refractivity contribution in [2.75, 3.05) is 0 Å². The summed E-state index contributed by atoms with van der Waals surface area (Å²) in [4.78, 5) is 0. The molecule has 1 N–H and O–H groups in total. The molecular formula is C14H22O2. The molecule has 1 rings (SSSR count). The van der Waals surface area contributed by atoms with Gasteiger partial charge in [0.1, 0.15) is 5.75 Å². The molecule has 0 amide bonds. The molecule has 0 heterocycles. The smallest absolute Gasteiger partial charge is 0.119 e. The summed E-state index contributed by atoms with van der Waals surface area (Å²) < 4.78 is 5.55. The van der Waals surface area contributed by atoms with Gasteiger partial charge in [0.15, 0.2) is 0 Å². The van der Waals surface area contributed by atoms with Crippen LogP contribution in [0.3, 0.4) is 0 Å². The molecule has 0 aliphatic rings. The van der Waals surface area contributed by atoms with Gasteiger partial charge in [-0.15, -0.1) is 0 Å². The molecule has 1 aromatic rings. The Bertz CT molecular complexity index is 303. The van der Waals surface area contributed by atoms with Crippen molar-refractivity contribution >= 4 is 0 Å². The fourth-order valence-corrected chi connectivity index (χ4v) is 1.57. The number of hydrogen-bond acceptors (Lipinski definition) is 2. The summed E-state index contributed by atoms with van der Waals surface area (Å²) in [5.41, 5.74) is 0.963. The van der Waals surface area contributed by atoms with Gasteiger partial charge in [0.2, 0.25) is 0 Å². The number of hydrogen-bond donors (Lipinski definition) is 1. The molecule has 0 bridgehead atoms. The quantitative estimate of drug-likeness (QED) is 0.825. The molecule has 0 aliphatic carbocycles. The van der Waals surface area contributed by atoms with Crippen LogP contribution < -0.4 is 4.74 Å². The summed E-state index contributed by atoms with van der Waals surface area (Å²) in [7, 11) is 0. The van der Waals surface area contributed by atoms with E-state index in [1.807, 2.05) is 38.1 Å². The minimum absolute atomic E-state index is 0.185. The summed E-state index contributed by atoms with van der Waals surface area (Å²) in [6.07, 6.45) is 0.786. The van der Waals surface area contributed by atoms with Crippen LogP contribution in [0.2, 0.25) is 0 Å². The van der Waals surface area contributed by atoms with E-state index < -0.39 is 0 Å². The van der Waals surface area contributed by atoms with E-state index in [0.29, 0.717) is 0 Å². The molecule has 1 aromatic carbocycles. The molecule has 2 unspecified atom stereocenters. The molecule has 0 fully saturated rings. The Balaban J connectivity index is 2.70. The standard InChI is InChI=1S/C14H22O2/c1-5-11(4)14(15)12-6-8-13(9-7-12)16-10(2)3/h6-11,14-15H,5H2,1-4H3. The second kappa shape index (κ2) is 5.90. The average Bonchev–Trinajstić information content (AvgIpc) is 2.27. The lowest BCUT2D eigenvalue weighted by molar-refractivity contribution is 0.115. The molecule has 2 nitrogen and oxygen atoms in total. The molecular weight excluding hydrogens is 200 g/mol. The van der Waals surface area contributed by atoms with Gasteiger partial charge >= 0.3 is 0 Å². The van der Waals surface area contributed by atoms with Crippen molar-refractivity contribution in [3.63, 3.8) is 0 Å². The van der Waals surface area contributed by atoms with Gasteiger partial charge in [-0.25, -0.2) is 0 Å². The second-order valence-corrected chi connectivity index (χ2v) is 4.57. The summed E-state index contributed by atoms with van der Waals surface area (Å²) in [6.45, 7) is 8.15. The normalized spacial score (nSPS) is 14.9. The van der Waals surface area contributed by atoms with E-state index in [1.54, 1.807) is 0 Å². The van der Waals surface area contributed by atoms with Crippen LogP contribution in [0.25, 0.3) is 0 Å². The van der Waals surface area contributed by atoms with E-state index in [1.165, 1.54) is 0 Å². The molecule has 0 aromatic heterocycles. The third-order valence-electron chi connectivity index (χ3n) is 2.78. The lowest BCUT2D eigenvalue weighted by atomic mass is 9.95. The molecule has 0 saturated carbocycles. The van der Waals surface area contributed by atoms with Gasteiger partial charge in [-0.3, -0.25) is 0 Å². The fraction of sp³-hybridized carbons (Fsp3) is 0.571. The summed E-state index contributed by atoms with van der Waals surface area (Å²) >= 11 is 0. The first kappa shape index (κ1) is 13.0. The predicted octanol–water partition coefficient (Wildman–Crippen LogP) is 3.55. The average molecular weight is 222 g/mol. The SMILES string of the molecule is CCC(C)C(O)c1ccc(OC(C)C)cc1. The van der Waals surface area contributed by atoms with Crippen molar-refractivity contribution in [2.45, 2.75) is 46.3 Å². The molecule has 2 atom stereocenters. The third kappa shape index (κ3) is 3.53. The van der Waals surface area contributed by atoms with Crippen LogP contribution >= 0.6 is 0 Å². The Hall–Kier alpha value is -1.02. The highest BCUT2D eigenvalue weighted by atomic mass is 16.5. The van der Waals surface area contributed by atoms with Crippen LogP contribution in [-0.2, 0) is 0 Å². The van der Waals surface area contributed by atoms with E-state index in [4.69, 9.17) is 4.74 Å². The maximum Gasteiger partial charge on any atom is 0.119 e. The molecule has 16 heavy (non-hydrogen) atoms. The molecule has 2 heteroatoms. The largest absolute Gasteiger partial charge is 0.491 e. The Morgan fingerprint density at radius 1 is 1.12 bits per heavy atom. The summed E-state index contributed by atoms with van der Waals surface area (Å²) in [6, 6.07) is 7.71. The van der Waals surface area contributed by atoms with Gasteiger partial charge in [-0.2, -0.15) is 0 Å². The lowest BCUT2D eigenvalue weighted by Crippen LogP contribution is -2.09. The van der Waals surface area contributed by atoms with Gasteiger partial charge < -0.3 is 9.84 Å². The highest BCUT2D eigenvalue weighted by Gasteiger charge is 2.14. The maximum absolute atomic E-state index is 10.0. The Labute approximate surface area is 98.3 Å². The number of aliphatic hydroxyl groups is 1. The van der Waals surface area contributed by atoms with Crippen LogP contribution in [0.15, 0.2) is 24.3 Å². The van der Waals surface area contributed by atoms with Crippen LogP contribution in [0, 0.1) is 5.92 Å². The Kier molecular flexibility index (Phi) is 4.81. The molecule has 0 aliphatic heterocycles. The fourth-order valence-electron chi connectivity index (χ4n) is 1.57. The van der Waals surface area contributed by atoms with Crippen molar-refractivity contribution in [1.82, 2.24) is 0 Å². The third-order valence-corrected chi connectivity index (χ3v) is 2.78. The first-order valence-corrected chi connectivity index (χ1v) is 5.99. The minimum atomic E-state index is -0.377. The van der Waals surface area contributed by atoms with Gasteiger partial charge in [-0.1, -0.05) is 32.4 Å². The molecule has 0 radical (unpaired) electrons. The number of ether oxygens (including phenoxy) is 1. The van der Waals surface area contributed by atoms with Crippen molar-refractivity contribution < 1.29 is 9.84 Å². The van der Waals surface area contributed by atoms with E-state index in [-0.39, 0.29) is 18.1 Å².